The number of halogens is 1. The quantitative estimate of drug-likeness (QED) is 0.353. The number of carbonyl (C=O) groups excluding carboxylic acids is 5. The van der Waals surface area contributed by atoms with Crippen molar-refractivity contribution in [2.45, 2.75) is 57.0 Å². The van der Waals surface area contributed by atoms with Crippen LogP contribution in [0.2, 0.25) is 5.02 Å². The number of benzene rings is 3. The first-order valence-electron chi connectivity index (χ1n) is 20.9. The number of anilines is 3. The van der Waals surface area contributed by atoms with E-state index in [9.17, 15) is 29.2 Å². The Hall–Kier alpha value is -5.45. The van der Waals surface area contributed by atoms with Gasteiger partial charge in [0.2, 0.25) is 11.8 Å². The highest BCUT2D eigenvalue weighted by Gasteiger charge is 2.54. The van der Waals surface area contributed by atoms with Gasteiger partial charge in [-0.3, -0.25) is 39.1 Å². The molecule has 59 heavy (non-hydrogen) atoms. The summed E-state index contributed by atoms with van der Waals surface area (Å²) in [6, 6.07) is 20.9. The molecule has 304 valence electrons. The van der Waals surface area contributed by atoms with E-state index in [0.717, 1.165) is 119 Å². The Morgan fingerprint density at radius 1 is 0.695 bits per heavy atom. The van der Waals surface area contributed by atoms with Crippen molar-refractivity contribution in [3.63, 3.8) is 0 Å². The molecular formula is C45H47ClN8O5. The second kappa shape index (κ2) is 14.4. The van der Waals surface area contributed by atoms with Gasteiger partial charge in [-0.25, -0.2) is 0 Å². The maximum atomic E-state index is 13.5. The summed E-state index contributed by atoms with van der Waals surface area (Å²) in [4.78, 5) is 76.7. The number of hydrogen-bond donors (Lipinski definition) is 1. The van der Waals surface area contributed by atoms with Crippen LogP contribution in [0.15, 0.2) is 60.7 Å². The number of hydrogen-bond acceptors (Lipinski definition) is 10. The van der Waals surface area contributed by atoms with Crippen LogP contribution in [0.5, 0.6) is 0 Å². The van der Waals surface area contributed by atoms with E-state index in [1.165, 1.54) is 5.69 Å². The van der Waals surface area contributed by atoms with Crippen LogP contribution in [-0.4, -0.2) is 122 Å². The zero-order valence-corrected chi connectivity index (χ0v) is 33.8. The summed E-state index contributed by atoms with van der Waals surface area (Å²) in [6.45, 7) is 9.24. The molecule has 13 nitrogen and oxygen atoms in total. The SMILES string of the molecule is N#Cc1ccc(N2CCC3(CCN(c4ccc(C(=O)N5CC6(C5)CN(C5CCN(c7ccc8c(c7)C(=O)N(C7CCC(=O)NC7=O)C8=O)CC5)C6)cc4)CC3)C2)cc1Cl. The average molecular weight is 815 g/mol. The smallest absolute Gasteiger partial charge is 0.262 e. The Morgan fingerprint density at radius 2 is 1.32 bits per heavy atom. The third-order valence-corrected chi connectivity index (χ3v) is 14.7. The lowest BCUT2D eigenvalue weighted by Gasteiger charge is -2.62. The third-order valence-electron chi connectivity index (χ3n) is 14.4. The molecule has 0 aromatic heterocycles. The van der Waals surface area contributed by atoms with Crippen molar-refractivity contribution in [1.29, 1.82) is 5.26 Å². The van der Waals surface area contributed by atoms with Crippen LogP contribution in [0.4, 0.5) is 17.1 Å². The molecule has 7 aliphatic heterocycles. The number of piperidine rings is 3. The minimum absolute atomic E-state index is 0.0933. The fraction of sp³-hybridized carbons (Fsp3) is 0.467. The molecule has 0 aliphatic carbocycles. The van der Waals surface area contributed by atoms with Crippen molar-refractivity contribution in [1.82, 2.24) is 20.0 Å². The molecule has 6 saturated heterocycles. The van der Waals surface area contributed by atoms with Crippen molar-refractivity contribution in [2.75, 3.05) is 80.1 Å². The molecule has 10 rings (SSSR count). The summed E-state index contributed by atoms with van der Waals surface area (Å²) < 4.78 is 0. The van der Waals surface area contributed by atoms with E-state index in [0.29, 0.717) is 27.8 Å². The zero-order chi connectivity index (χ0) is 40.6. The van der Waals surface area contributed by atoms with Gasteiger partial charge in [-0.15, -0.1) is 0 Å². The van der Waals surface area contributed by atoms with E-state index < -0.39 is 29.7 Å². The summed E-state index contributed by atoms with van der Waals surface area (Å²) in [5, 5.41) is 12.0. The summed E-state index contributed by atoms with van der Waals surface area (Å²) in [5.41, 5.74) is 5.48. The van der Waals surface area contributed by atoms with Gasteiger partial charge in [0, 0.05) is 106 Å². The minimum atomic E-state index is -0.971. The number of carbonyl (C=O) groups is 5. The maximum Gasteiger partial charge on any atom is 0.262 e. The molecule has 7 heterocycles. The van der Waals surface area contributed by atoms with Gasteiger partial charge in [0.1, 0.15) is 12.1 Å². The molecule has 1 unspecified atom stereocenters. The van der Waals surface area contributed by atoms with E-state index in [2.05, 4.69) is 43.1 Å². The Balaban J connectivity index is 0.669. The minimum Gasteiger partial charge on any atom is -0.371 e. The molecule has 5 amide bonds. The lowest BCUT2D eigenvalue weighted by Crippen LogP contribution is -2.74. The fourth-order valence-corrected chi connectivity index (χ4v) is 11.1. The van der Waals surface area contributed by atoms with Crippen LogP contribution in [-0.2, 0) is 9.59 Å². The molecule has 1 atom stereocenters. The molecule has 6 fully saturated rings. The molecular weight excluding hydrogens is 768 g/mol. The fourth-order valence-electron chi connectivity index (χ4n) is 10.9. The molecule has 1 N–H and O–H groups in total. The van der Waals surface area contributed by atoms with E-state index in [1.807, 2.05) is 41.3 Å². The van der Waals surface area contributed by atoms with Gasteiger partial charge in [-0.1, -0.05) is 11.6 Å². The second-order valence-electron chi connectivity index (χ2n) is 17.9. The number of amides is 5. The van der Waals surface area contributed by atoms with Crippen LogP contribution in [0.25, 0.3) is 0 Å². The summed E-state index contributed by atoms with van der Waals surface area (Å²) >= 11 is 6.33. The molecule has 14 heteroatoms. The number of imide groups is 2. The highest BCUT2D eigenvalue weighted by Crippen LogP contribution is 2.45. The molecule has 0 bridgehead atoms. The topological polar surface area (TPSA) is 141 Å². The van der Waals surface area contributed by atoms with Gasteiger partial charge in [0.15, 0.2) is 0 Å². The first-order chi connectivity index (χ1) is 28.5. The highest BCUT2D eigenvalue weighted by atomic mass is 35.5. The number of fused-ring (bicyclic) bond motifs is 1. The number of nitriles is 1. The maximum absolute atomic E-state index is 13.5. The molecule has 2 spiro atoms. The number of rotatable bonds is 6. The Bertz CT molecular complexity index is 2300. The van der Waals surface area contributed by atoms with Crippen LogP contribution < -0.4 is 20.0 Å². The summed E-state index contributed by atoms with van der Waals surface area (Å²) in [6.07, 6.45) is 5.60. The van der Waals surface area contributed by atoms with Crippen LogP contribution in [0.1, 0.15) is 81.6 Å². The standard InChI is InChI=1S/C45H47ClN8O5/c46-37-22-34(6-3-30(37)23-47)51-20-15-44(24-51)13-18-50(19-14-44)31-4-1-29(2-5-31)41(57)53-27-45(28-53)25-52(26-45)32-11-16-49(17-12-32)33-7-8-35-36(21-33)43(59)54(42(35)58)38-9-10-39(55)48-40(38)56/h1-8,21-22,32,38H,9-20,24-28H2,(H,48,55,56). The Labute approximate surface area is 348 Å². The van der Waals surface area contributed by atoms with Crippen molar-refractivity contribution in [2.24, 2.45) is 10.8 Å². The van der Waals surface area contributed by atoms with E-state index in [4.69, 9.17) is 11.6 Å². The van der Waals surface area contributed by atoms with Gasteiger partial charge < -0.3 is 19.6 Å². The van der Waals surface area contributed by atoms with Gasteiger partial charge in [-0.05, 0) is 105 Å². The normalized spacial score (nSPS) is 24.0. The second-order valence-corrected chi connectivity index (χ2v) is 18.4. The molecule has 7 aliphatic rings. The monoisotopic (exact) mass is 814 g/mol. The summed E-state index contributed by atoms with van der Waals surface area (Å²) in [5.74, 6) is -1.86. The van der Waals surface area contributed by atoms with Crippen molar-refractivity contribution >= 4 is 58.2 Å². The first-order valence-corrected chi connectivity index (χ1v) is 21.3. The number of nitrogens with one attached hydrogen (secondary N) is 1. The lowest BCUT2D eigenvalue weighted by molar-refractivity contribution is -0.136. The lowest BCUT2D eigenvalue weighted by atomic mass is 9.71. The predicted octanol–water partition coefficient (Wildman–Crippen LogP) is 4.54. The van der Waals surface area contributed by atoms with Gasteiger partial charge in [0.25, 0.3) is 17.7 Å². The molecule has 3 aromatic rings. The van der Waals surface area contributed by atoms with Crippen molar-refractivity contribution in [3.05, 3.63) is 87.9 Å². The third kappa shape index (κ3) is 6.61. The largest absolute Gasteiger partial charge is 0.371 e. The number of nitrogens with zero attached hydrogens (tertiary/aromatic N) is 7. The number of likely N-dealkylation sites (tertiary alicyclic amines) is 2. The summed E-state index contributed by atoms with van der Waals surface area (Å²) in [7, 11) is 0. The van der Waals surface area contributed by atoms with Gasteiger partial charge >= 0.3 is 0 Å². The van der Waals surface area contributed by atoms with Crippen molar-refractivity contribution in [3.8, 4) is 6.07 Å². The molecule has 3 aromatic carbocycles. The molecule has 0 radical (unpaired) electrons. The van der Waals surface area contributed by atoms with E-state index >= 15 is 0 Å². The van der Waals surface area contributed by atoms with E-state index in [1.54, 1.807) is 12.1 Å². The predicted molar refractivity (Wildman–Crippen MR) is 222 cm³/mol. The highest BCUT2D eigenvalue weighted by molar-refractivity contribution is 6.32. The van der Waals surface area contributed by atoms with Crippen molar-refractivity contribution < 1.29 is 24.0 Å². The van der Waals surface area contributed by atoms with Gasteiger partial charge in [-0.2, -0.15) is 5.26 Å². The molecule has 0 saturated carbocycles. The Kier molecular flexibility index (Phi) is 9.21. The van der Waals surface area contributed by atoms with Crippen LogP contribution in [0, 0.1) is 22.2 Å². The zero-order valence-electron chi connectivity index (χ0n) is 33.0. The van der Waals surface area contributed by atoms with Gasteiger partial charge in [0.05, 0.1) is 21.7 Å². The average Bonchev–Trinajstić information content (AvgIpc) is 3.74. The first kappa shape index (κ1) is 37.8. The Morgan fingerprint density at radius 3 is 2.00 bits per heavy atom. The van der Waals surface area contributed by atoms with E-state index in [-0.39, 0.29) is 29.6 Å². The van der Waals surface area contributed by atoms with Crippen LogP contribution in [0.3, 0.4) is 0 Å². The van der Waals surface area contributed by atoms with Crippen LogP contribution >= 0.6 is 11.6 Å².